The van der Waals surface area contributed by atoms with Crippen molar-refractivity contribution in [1.29, 1.82) is 0 Å². The van der Waals surface area contributed by atoms with Gasteiger partial charge in [0.1, 0.15) is 5.60 Å². The van der Waals surface area contributed by atoms with Crippen molar-refractivity contribution < 1.29 is 24.2 Å². The summed E-state index contributed by atoms with van der Waals surface area (Å²) in [5, 5.41) is 12.0. The molecule has 1 unspecified atom stereocenters. The van der Waals surface area contributed by atoms with E-state index in [9.17, 15) is 14.7 Å². The van der Waals surface area contributed by atoms with Gasteiger partial charge in [-0.1, -0.05) is 0 Å². The Hall–Kier alpha value is -1.34. The van der Waals surface area contributed by atoms with Crippen LogP contribution >= 0.6 is 0 Å². The number of carbonyl (C=O) groups is 2. The Morgan fingerprint density at radius 1 is 1.38 bits per heavy atom. The van der Waals surface area contributed by atoms with E-state index in [1.807, 2.05) is 11.8 Å². The fraction of sp³-hybridized carbons (Fsp3) is 0.857. The highest BCUT2D eigenvalue weighted by molar-refractivity contribution is 5.85. The van der Waals surface area contributed by atoms with Crippen molar-refractivity contribution in [3.8, 4) is 0 Å². The molecular weight excluding hydrogens is 276 g/mol. The van der Waals surface area contributed by atoms with E-state index in [1.54, 1.807) is 20.8 Å². The van der Waals surface area contributed by atoms with Gasteiger partial charge < -0.3 is 19.9 Å². The molecule has 0 aromatic heterocycles. The summed E-state index contributed by atoms with van der Waals surface area (Å²) in [7, 11) is 0. The number of hydrogen-bond donors (Lipinski definition) is 2. The van der Waals surface area contributed by atoms with Crippen LogP contribution in [-0.2, 0) is 14.3 Å². The minimum atomic E-state index is -1.28. The quantitative estimate of drug-likeness (QED) is 0.714. The second-order valence-corrected chi connectivity index (χ2v) is 6.24. The van der Waals surface area contributed by atoms with Gasteiger partial charge in [-0.05, 0) is 34.1 Å². The average Bonchev–Trinajstić information content (AvgIpc) is 2.71. The predicted molar refractivity (Wildman–Crippen MR) is 77.3 cm³/mol. The van der Waals surface area contributed by atoms with Crippen LogP contribution in [0.5, 0.6) is 0 Å². The maximum atomic E-state index is 11.9. The lowest BCUT2D eigenvalue weighted by molar-refractivity contribution is -0.144. The molecule has 1 aliphatic rings. The maximum Gasteiger partial charge on any atom is 0.408 e. The molecule has 0 saturated carbocycles. The van der Waals surface area contributed by atoms with Crippen LogP contribution in [0.2, 0.25) is 0 Å². The standard InChI is InChI=1S/C14H26N2O5/c1-5-20-9-8-16-7-6-14(10-16,11(17)18)15-12(19)21-13(2,3)4/h5-10H2,1-4H3,(H,15,19)(H,17,18). The van der Waals surface area contributed by atoms with E-state index >= 15 is 0 Å². The van der Waals surface area contributed by atoms with Crippen molar-refractivity contribution in [2.45, 2.75) is 45.3 Å². The van der Waals surface area contributed by atoms with Gasteiger partial charge in [0, 0.05) is 26.2 Å². The van der Waals surface area contributed by atoms with Crippen LogP contribution in [0, 0.1) is 0 Å². The number of nitrogens with one attached hydrogen (secondary N) is 1. The number of carboxylic acid groups (broad SMARTS) is 1. The van der Waals surface area contributed by atoms with Crippen molar-refractivity contribution in [1.82, 2.24) is 10.2 Å². The smallest absolute Gasteiger partial charge is 0.408 e. The minimum Gasteiger partial charge on any atom is -0.479 e. The summed E-state index contributed by atoms with van der Waals surface area (Å²) in [6, 6.07) is 0. The largest absolute Gasteiger partial charge is 0.479 e. The lowest BCUT2D eigenvalue weighted by Gasteiger charge is -2.28. The number of ether oxygens (including phenoxy) is 2. The zero-order valence-corrected chi connectivity index (χ0v) is 13.3. The van der Waals surface area contributed by atoms with Crippen LogP contribution in [-0.4, -0.2) is 66.1 Å². The van der Waals surface area contributed by atoms with Crippen molar-refractivity contribution in [3.63, 3.8) is 0 Å². The van der Waals surface area contributed by atoms with Gasteiger partial charge >= 0.3 is 12.1 Å². The molecule has 21 heavy (non-hydrogen) atoms. The molecule has 1 rings (SSSR count). The van der Waals surface area contributed by atoms with Crippen LogP contribution in [0.4, 0.5) is 4.79 Å². The molecule has 1 heterocycles. The average molecular weight is 302 g/mol. The van der Waals surface area contributed by atoms with Gasteiger partial charge in [-0.3, -0.25) is 4.90 Å². The van der Waals surface area contributed by atoms with E-state index in [0.717, 1.165) is 0 Å². The molecule has 122 valence electrons. The highest BCUT2D eigenvalue weighted by Gasteiger charge is 2.46. The fourth-order valence-electron chi connectivity index (χ4n) is 2.25. The van der Waals surface area contributed by atoms with E-state index in [2.05, 4.69) is 5.32 Å². The summed E-state index contributed by atoms with van der Waals surface area (Å²) in [4.78, 5) is 25.4. The molecule has 0 aliphatic carbocycles. The van der Waals surface area contributed by atoms with Gasteiger partial charge in [0.05, 0.1) is 6.61 Å². The number of carboxylic acids is 1. The first-order valence-electron chi connectivity index (χ1n) is 7.23. The third-order valence-corrected chi connectivity index (χ3v) is 3.25. The Bertz CT molecular complexity index is 380. The molecule has 1 atom stereocenters. The SMILES string of the molecule is CCOCCN1CCC(NC(=O)OC(C)(C)C)(C(=O)O)C1. The fourth-order valence-corrected chi connectivity index (χ4v) is 2.25. The van der Waals surface area contributed by atoms with E-state index in [1.165, 1.54) is 0 Å². The highest BCUT2D eigenvalue weighted by atomic mass is 16.6. The Kier molecular flexibility index (Phi) is 5.98. The predicted octanol–water partition coefficient (Wildman–Crippen LogP) is 1.08. The Balaban J connectivity index is 2.61. The number of alkyl carbamates (subject to hydrolysis) is 1. The molecule has 1 saturated heterocycles. The maximum absolute atomic E-state index is 11.9. The molecule has 0 aromatic rings. The number of likely N-dealkylation sites (tertiary alicyclic amines) is 1. The summed E-state index contributed by atoms with van der Waals surface area (Å²) in [5.74, 6) is -1.03. The number of hydrogen-bond acceptors (Lipinski definition) is 5. The third-order valence-electron chi connectivity index (χ3n) is 3.25. The highest BCUT2D eigenvalue weighted by Crippen LogP contribution is 2.22. The molecule has 0 aromatic carbocycles. The van der Waals surface area contributed by atoms with Crippen LogP contribution in [0.3, 0.4) is 0 Å². The van der Waals surface area contributed by atoms with E-state index < -0.39 is 23.2 Å². The summed E-state index contributed by atoms with van der Waals surface area (Å²) >= 11 is 0. The van der Waals surface area contributed by atoms with Crippen molar-refractivity contribution >= 4 is 12.1 Å². The number of nitrogens with zero attached hydrogens (tertiary/aromatic N) is 1. The summed E-state index contributed by atoms with van der Waals surface area (Å²) in [6.45, 7) is 9.83. The van der Waals surface area contributed by atoms with Crippen molar-refractivity contribution in [3.05, 3.63) is 0 Å². The topological polar surface area (TPSA) is 88.1 Å². The summed E-state index contributed by atoms with van der Waals surface area (Å²) in [6.07, 6.45) is -0.343. The molecule has 1 fully saturated rings. The number of carbonyl (C=O) groups excluding carboxylic acids is 1. The van der Waals surface area contributed by atoms with E-state index in [-0.39, 0.29) is 6.54 Å². The molecule has 1 amide bonds. The summed E-state index contributed by atoms with van der Waals surface area (Å²) < 4.78 is 10.4. The van der Waals surface area contributed by atoms with E-state index in [0.29, 0.717) is 32.7 Å². The van der Waals surface area contributed by atoms with Gasteiger partial charge in [0.2, 0.25) is 0 Å². The Morgan fingerprint density at radius 3 is 2.57 bits per heavy atom. The first kappa shape index (κ1) is 17.7. The Labute approximate surface area is 125 Å². The lowest BCUT2D eigenvalue weighted by Crippen LogP contribution is -2.57. The monoisotopic (exact) mass is 302 g/mol. The van der Waals surface area contributed by atoms with Gasteiger partial charge in [-0.15, -0.1) is 0 Å². The zero-order chi connectivity index (χ0) is 16.1. The molecule has 2 N–H and O–H groups in total. The van der Waals surface area contributed by atoms with Crippen molar-refractivity contribution in [2.75, 3.05) is 32.8 Å². The molecule has 0 radical (unpaired) electrons. The molecule has 1 aliphatic heterocycles. The molecule has 0 bridgehead atoms. The normalized spacial score (nSPS) is 23.0. The summed E-state index contributed by atoms with van der Waals surface area (Å²) in [5.41, 5.74) is -1.94. The van der Waals surface area contributed by atoms with Crippen LogP contribution < -0.4 is 5.32 Å². The minimum absolute atomic E-state index is 0.259. The van der Waals surface area contributed by atoms with Crippen LogP contribution in [0.1, 0.15) is 34.1 Å². The van der Waals surface area contributed by atoms with Gasteiger partial charge in [0.25, 0.3) is 0 Å². The number of aliphatic carboxylic acids is 1. The first-order valence-corrected chi connectivity index (χ1v) is 7.23. The second-order valence-electron chi connectivity index (χ2n) is 6.24. The molecule has 7 heteroatoms. The number of amides is 1. The van der Waals surface area contributed by atoms with E-state index in [4.69, 9.17) is 9.47 Å². The van der Waals surface area contributed by atoms with Crippen molar-refractivity contribution in [2.24, 2.45) is 0 Å². The van der Waals surface area contributed by atoms with Crippen LogP contribution in [0.25, 0.3) is 0 Å². The van der Waals surface area contributed by atoms with Gasteiger partial charge in [0.15, 0.2) is 5.54 Å². The lowest BCUT2D eigenvalue weighted by atomic mass is 9.99. The van der Waals surface area contributed by atoms with Gasteiger partial charge in [-0.25, -0.2) is 9.59 Å². The molecular formula is C14H26N2O5. The first-order chi connectivity index (χ1) is 9.68. The van der Waals surface area contributed by atoms with Gasteiger partial charge in [-0.2, -0.15) is 0 Å². The zero-order valence-electron chi connectivity index (χ0n) is 13.3. The molecule has 7 nitrogen and oxygen atoms in total. The number of rotatable bonds is 6. The second kappa shape index (κ2) is 7.09. The molecule has 0 spiro atoms. The van der Waals surface area contributed by atoms with Crippen LogP contribution in [0.15, 0.2) is 0 Å². The Morgan fingerprint density at radius 2 is 2.05 bits per heavy atom. The third kappa shape index (κ3) is 5.51.